The number of carbonyl (C=O) groups excluding carboxylic acids is 1. The SMILES string of the molecule is CCSCCCOc1cccc(C=O)c1. The second-order valence-corrected chi connectivity index (χ2v) is 4.48. The standard InChI is InChI=1S/C12H16O2S/c1-2-15-8-4-7-14-12-6-3-5-11(9-12)10-13/h3,5-6,9-10H,2,4,7-8H2,1H3. The molecule has 0 N–H and O–H groups in total. The third kappa shape index (κ3) is 4.88. The monoisotopic (exact) mass is 224 g/mol. The maximum atomic E-state index is 10.5. The summed E-state index contributed by atoms with van der Waals surface area (Å²) in [4.78, 5) is 10.5. The molecular formula is C12H16O2S. The lowest BCUT2D eigenvalue weighted by atomic mass is 10.2. The minimum atomic E-state index is 0.662. The van der Waals surface area contributed by atoms with Crippen LogP contribution in [0.4, 0.5) is 0 Å². The number of rotatable bonds is 7. The lowest BCUT2D eigenvalue weighted by molar-refractivity contribution is 0.112. The Morgan fingerprint density at radius 2 is 2.33 bits per heavy atom. The fourth-order valence-electron chi connectivity index (χ4n) is 1.17. The number of benzene rings is 1. The van der Waals surface area contributed by atoms with Crippen LogP contribution in [-0.2, 0) is 0 Å². The third-order valence-electron chi connectivity index (χ3n) is 1.90. The zero-order chi connectivity index (χ0) is 10.9. The van der Waals surface area contributed by atoms with E-state index in [2.05, 4.69) is 6.92 Å². The van der Waals surface area contributed by atoms with Crippen molar-refractivity contribution in [2.45, 2.75) is 13.3 Å². The zero-order valence-corrected chi connectivity index (χ0v) is 9.76. The molecule has 15 heavy (non-hydrogen) atoms. The van der Waals surface area contributed by atoms with Gasteiger partial charge in [0.15, 0.2) is 0 Å². The summed E-state index contributed by atoms with van der Waals surface area (Å²) < 4.78 is 5.52. The van der Waals surface area contributed by atoms with Gasteiger partial charge >= 0.3 is 0 Å². The molecule has 2 nitrogen and oxygen atoms in total. The summed E-state index contributed by atoms with van der Waals surface area (Å²) in [6.45, 7) is 2.87. The molecule has 1 aromatic carbocycles. The first-order valence-electron chi connectivity index (χ1n) is 5.12. The summed E-state index contributed by atoms with van der Waals surface area (Å²) in [5, 5.41) is 0. The molecule has 0 saturated heterocycles. The van der Waals surface area contributed by atoms with Crippen molar-refractivity contribution < 1.29 is 9.53 Å². The predicted octanol–water partition coefficient (Wildman–Crippen LogP) is 3.02. The van der Waals surface area contributed by atoms with Gasteiger partial charge in [-0.3, -0.25) is 4.79 Å². The van der Waals surface area contributed by atoms with Crippen LogP contribution in [0.5, 0.6) is 5.75 Å². The largest absolute Gasteiger partial charge is 0.494 e. The number of aldehydes is 1. The highest BCUT2D eigenvalue weighted by atomic mass is 32.2. The summed E-state index contributed by atoms with van der Waals surface area (Å²) in [5.74, 6) is 3.06. The van der Waals surface area contributed by atoms with Crippen molar-refractivity contribution in [1.82, 2.24) is 0 Å². The van der Waals surface area contributed by atoms with Crippen LogP contribution in [0.15, 0.2) is 24.3 Å². The van der Waals surface area contributed by atoms with Crippen molar-refractivity contribution in [1.29, 1.82) is 0 Å². The molecule has 0 radical (unpaired) electrons. The van der Waals surface area contributed by atoms with Crippen molar-refractivity contribution >= 4 is 18.0 Å². The van der Waals surface area contributed by atoms with Gasteiger partial charge in [-0.2, -0.15) is 11.8 Å². The van der Waals surface area contributed by atoms with Crippen LogP contribution in [0.3, 0.4) is 0 Å². The molecule has 0 amide bonds. The fourth-order valence-corrected chi connectivity index (χ4v) is 1.78. The lowest BCUT2D eigenvalue weighted by Crippen LogP contribution is -1.99. The van der Waals surface area contributed by atoms with Crippen LogP contribution in [-0.4, -0.2) is 24.4 Å². The van der Waals surface area contributed by atoms with E-state index >= 15 is 0 Å². The molecular weight excluding hydrogens is 208 g/mol. The molecule has 0 aliphatic rings. The van der Waals surface area contributed by atoms with Gasteiger partial charge in [0.25, 0.3) is 0 Å². The molecule has 0 bridgehead atoms. The Morgan fingerprint density at radius 3 is 3.07 bits per heavy atom. The Kier molecular flexibility index (Phi) is 5.93. The van der Waals surface area contributed by atoms with E-state index in [0.717, 1.165) is 36.6 Å². The van der Waals surface area contributed by atoms with Crippen molar-refractivity contribution in [2.24, 2.45) is 0 Å². The zero-order valence-electron chi connectivity index (χ0n) is 8.94. The number of ether oxygens (including phenoxy) is 1. The number of thioether (sulfide) groups is 1. The van der Waals surface area contributed by atoms with Crippen LogP contribution in [0.2, 0.25) is 0 Å². The number of hydrogen-bond donors (Lipinski definition) is 0. The summed E-state index contributed by atoms with van der Waals surface area (Å²) in [5.41, 5.74) is 0.662. The maximum Gasteiger partial charge on any atom is 0.150 e. The van der Waals surface area contributed by atoms with E-state index in [1.165, 1.54) is 0 Å². The highest BCUT2D eigenvalue weighted by Gasteiger charge is 1.95. The van der Waals surface area contributed by atoms with Crippen molar-refractivity contribution in [3.8, 4) is 5.75 Å². The van der Waals surface area contributed by atoms with Crippen LogP contribution >= 0.6 is 11.8 Å². The van der Waals surface area contributed by atoms with Crippen molar-refractivity contribution in [2.75, 3.05) is 18.1 Å². The molecule has 0 spiro atoms. The first-order chi connectivity index (χ1) is 7.36. The first-order valence-corrected chi connectivity index (χ1v) is 6.28. The van der Waals surface area contributed by atoms with E-state index in [4.69, 9.17) is 4.74 Å². The molecule has 0 heterocycles. The van der Waals surface area contributed by atoms with Gasteiger partial charge in [0.2, 0.25) is 0 Å². The van der Waals surface area contributed by atoms with Gasteiger partial charge in [-0.1, -0.05) is 19.1 Å². The van der Waals surface area contributed by atoms with E-state index in [0.29, 0.717) is 5.56 Å². The van der Waals surface area contributed by atoms with Crippen molar-refractivity contribution in [3.05, 3.63) is 29.8 Å². The van der Waals surface area contributed by atoms with E-state index in [-0.39, 0.29) is 0 Å². The molecule has 1 rings (SSSR count). The van der Waals surface area contributed by atoms with Crippen LogP contribution in [0.25, 0.3) is 0 Å². The quantitative estimate of drug-likeness (QED) is 0.526. The minimum absolute atomic E-state index is 0.662. The average molecular weight is 224 g/mol. The Balaban J connectivity index is 2.27. The van der Waals surface area contributed by atoms with Crippen molar-refractivity contribution in [3.63, 3.8) is 0 Å². The third-order valence-corrected chi connectivity index (χ3v) is 2.89. The Bertz CT molecular complexity index is 299. The molecule has 0 saturated carbocycles. The molecule has 0 aliphatic heterocycles. The van der Waals surface area contributed by atoms with Crippen LogP contribution in [0.1, 0.15) is 23.7 Å². The van der Waals surface area contributed by atoms with E-state index in [9.17, 15) is 4.79 Å². The van der Waals surface area contributed by atoms with Gasteiger partial charge in [0.1, 0.15) is 12.0 Å². The number of carbonyl (C=O) groups is 1. The average Bonchev–Trinajstić information content (AvgIpc) is 2.29. The topological polar surface area (TPSA) is 26.3 Å². The van der Waals surface area contributed by atoms with Gasteiger partial charge < -0.3 is 4.74 Å². The lowest BCUT2D eigenvalue weighted by Gasteiger charge is -2.05. The molecule has 0 atom stereocenters. The fraction of sp³-hybridized carbons (Fsp3) is 0.417. The van der Waals surface area contributed by atoms with E-state index in [1.54, 1.807) is 12.1 Å². The van der Waals surface area contributed by atoms with E-state index in [1.807, 2.05) is 23.9 Å². The summed E-state index contributed by atoms with van der Waals surface area (Å²) in [7, 11) is 0. The predicted molar refractivity (Wildman–Crippen MR) is 64.9 cm³/mol. The second kappa shape index (κ2) is 7.35. The Hall–Kier alpha value is -0.960. The highest BCUT2D eigenvalue weighted by Crippen LogP contribution is 2.12. The van der Waals surface area contributed by atoms with Crippen LogP contribution in [0, 0.1) is 0 Å². The highest BCUT2D eigenvalue weighted by molar-refractivity contribution is 7.99. The molecule has 3 heteroatoms. The van der Waals surface area contributed by atoms with Crippen LogP contribution < -0.4 is 4.74 Å². The first kappa shape index (κ1) is 12.1. The summed E-state index contributed by atoms with van der Waals surface area (Å²) in [6.07, 6.45) is 1.88. The number of hydrogen-bond acceptors (Lipinski definition) is 3. The van der Waals surface area contributed by atoms with E-state index < -0.39 is 0 Å². The molecule has 0 aromatic heterocycles. The molecule has 1 aromatic rings. The molecule has 82 valence electrons. The Morgan fingerprint density at radius 1 is 1.47 bits per heavy atom. The van der Waals surface area contributed by atoms with Gasteiger partial charge in [0, 0.05) is 5.56 Å². The molecule has 0 unspecified atom stereocenters. The smallest absolute Gasteiger partial charge is 0.150 e. The summed E-state index contributed by atoms with van der Waals surface area (Å²) >= 11 is 1.91. The minimum Gasteiger partial charge on any atom is -0.494 e. The summed E-state index contributed by atoms with van der Waals surface area (Å²) in [6, 6.07) is 7.24. The van der Waals surface area contributed by atoms with Gasteiger partial charge in [-0.05, 0) is 30.1 Å². The molecule has 0 fully saturated rings. The van der Waals surface area contributed by atoms with Gasteiger partial charge in [-0.25, -0.2) is 0 Å². The van der Waals surface area contributed by atoms with Gasteiger partial charge in [0.05, 0.1) is 6.61 Å². The normalized spacial score (nSPS) is 9.93. The maximum absolute atomic E-state index is 10.5. The Labute approximate surface area is 95.0 Å². The molecule has 0 aliphatic carbocycles. The second-order valence-electron chi connectivity index (χ2n) is 3.09. The van der Waals surface area contributed by atoms with Gasteiger partial charge in [-0.15, -0.1) is 0 Å².